The third-order valence-corrected chi connectivity index (χ3v) is 6.51. The summed E-state index contributed by atoms with van der Waals surface area (Å²) in [4.78, 5) is 12.1. The van der Waals surface area contributed by atoms with Gasteiger partial charge in [-0.25, -0.2) is 8.42 Å². The number of hydrogen-bond donors (Lipinski definition) is 1. The van der Waals surface area contributed by atoms with Crippen molar-refractivity contribution in [1.29, 1.82) is 0 Å². The van der Waals surface area contributed by atoms with Crippen LogP contribution < -0.4 is 14.4 Å². The molecule has 0 atom stereocenters. The summed E-state index contributed by atoms with van der Waals surface area (Å²) in [6.45, 7) is 2.98. The highest BCUT2D eigenvalue weighted by Crippen LogP contribution is 2.33. The monoisotopic (exact) mass is 486 g/mol. The van der Waals surface area contributed by atoms with E-state index in [1.807, 2.05) is 24.3 Å². The first-order valence-electron chi connectivity index (χ1n) is 10.1. The minimum absolute atomic E-state index is 0.118. The normalized spacial score (nSPS) is 11.2. The molecule has 9 heteroatoms. The molecule has 0 fully saturated rings. The van der Waals surface area contributed by atoms with Crippen molar-refractivity contribution < 1.29 is 17.9 Å². The number of rotatable bonds is 12. The number of benzene rings is 2. The first-order chi connectivity index (χ1) is 14.7. The second-order valence-electron chi connectivity index (χ2n) is 7.10. The van der Waals surface area contributed by atoms with Crippen LogP contribution in [-0.2, 0) is 21.2 Å². The standard InChI is InChI=1S/C22H28Cl2N2O4S/c1-3-6-17-10-12-18(13-11-17)30-16-14-25-21(27)9-5-15-26(31(2,28)29)20-8-4-7-19(23)22(20)24/h4,7-8,10-13H,3,5-6,9,14-16H2,1-2H3,(H,25,27). The van der Waals surface area contributed by atoms with E-state index >= 15 is 0 Å². The molecule has 0 aromatic heterocycles. The van der Waals surface area contributed by atoms with Gasteiger partial charge in [0.1, 0.15) is 12.4 Å². The van der Waals surface area contributed by atoms with E-state index in [1.165, 1.54) is 9.87 Å². The Labute approximate surface area is 194 Å². The SMILES string of the molecule is CCCc1ccc(OCCNC(=O)CCCN(c2cccc(Cl)c2Cl)S(C)(=O)=O)cc1. The van der Waals surface area contributed by atoms with Crippen LogP contribution in [0.5, 0.6) is 5.75 Å². The Kier molecular flexibility index (Phi) is 9.93. The Bertz CT molecular complexity index is 966. The van der Waals surface area contributed by atoms with Crippen LogP contribution in [-0.4, -0.2) is 40.3 Å². The van der Waals surface area contributed by atoms with Gasteiger partial charge < -0.3 is 10.1 Å². The van der Waals surface area contributed by atoms with Crippen molar-refractivity contribution in [2.75, 3.05) is 30.3 Å². The average Bonchev–Trinajstić information content (AvgIpc) is 2.72. The third kappa shape index (κ3) is 8.24. The van der Waals surface area contributed by atoms with E-state index in [9.17, 15) is 13.2 Å². The molecule has 0 bridgehead atoms. The van der Waals surface area contributed by atoms with Gasteiger partial charge >= 0.3 is 0 Å². The molecule has 31 heavy (non-hydrogen) atoms. The number of nitrogens with zero attached hydrogens (tertiary/aromatic N) is 1. The van der Waals surface area contributed by atoms with Gasteiger partial charge in [-0.2, -0.15) is 0 Å². The molecule has 6 nitrogen and oxygen atoms in total. The lowest BCUT2D eigenvalue weighted by atomic mass is 10.1. The summed E-state index contributed by atoms with van der Waals surface area (Å²) in [5.41, 5.74) is 1.57. The summed E-state index contributed by atoms with van der Waals surface area (Å²) in [5.74, 6) is 0.587. The van der Waals surface area contributed by atoms with Crippen LogP contribution in [0.1, 0.15) is 31.7 Å². The number of halogens is 2. The van der Waals surface area contributed by atoms with Crippen LogP contribution in [0.3, 0.4) is 0 Å². The van der Waals surface area contributed by atoms with Crippen LogP contribution >= 0.6 is 23.2 Å². The molecule has 2 aromatic carbocycles. The highest BCUT2D eigenvalue weighted by molar-refractivity contribution is 7.92. The molecule has 1 amide bonds. The molecule has 0 saturated heterocycles. The summed E-state index contributed by atoms with van der Waals surface area (Å²) in [7, 11) is -3.58. The van der Waals surface area contributed by atoms with Gasteiger partial charge in [-0.05, 0) is 42.7 Å². The van der Waals surface area contributed by atoms with E-state index in [1.54, 1.807) is 18.2 Å². The highest BCUT2D eigenvalue weighted by atomic mass is 35.5. The van der Waals surface area contributed by atoms with Gasteiger partial charge in [0, 0.05) is 13.0 Å². The molecule has 0 spiro atoms. The number of anilines is 1. The first-order valence-corrected chi connectivity index (χ1v) is 12.7. The van der Waals surface area contributed by atoms with Gasteiger partial charge in [0.15, 0.2) is 0 Å². The fourth-order valence-corrected chi connectivity index (χ4v) is 4.44. The molecule has 0 heterocycles. The number of nitrogens with one attached hydrogen (secondary N) is 1. The van der Waals surface area contributed by atoms with E-state index in [0.717, 1.165) is 24.8 Å². The number of amides is 1. The molecule has 0 aliphatic carbocycles. The summed E-state index contributed by atoms with van der Waals surface area (Å²) in [5, 5.41) is 3.21. The number of aryl methyl sites for hydroxylation is 1. The van der Waals surface area contributed by atoms with Gasteiger partial charge in [0.2, 0.25) is 15.9 Å². The molecular weight excluding hydrogens is 459 g/mol. The van der Waals surface area contributed by atoms with Gasteiger partial charge in [0.05, 0.1) is 28.5 Å². The number of carbonyl (C=O) groups excluding carboxylic acids is 1. The van der Waals surface area contributed by atoms with Crippen molar-refractivity contribution >= 4 is 44.8 Å². The molecule has 0 saturated carbocycles. The van der Waals surface area contributed by atoms with Crippen molar-refractivity contribution in [1.82, 2.24) is 5.32 Å². The Hall–Kier alpha value is -1.96. The fourth-order valence-electron chi connectivity index (χ4n) is 3.02. The van der Waals surface area contributed by atoms with Crippen LogP contribution in [0.4, 0.5) is 5.69 Å². The first kappa shape index (κ1) is 25.3. The second-order valence-corrected chi connectivity index (χ2v) is 9.80. The number of hydrogen-bond acceptors (Lipinski definition) is 4. The lowest BCUT2D eigenvalue weighted by Gasteiger charge is -2.23. The zero-order valence-corrected chi connectivity index (χ0v) is 20.1. The quantitative estimate of drug-likeness (QED) is 0.441. The predicted octanol–water partition coefficient (Wildman–Crippen LogP) is 4.69. The van der Waals surface area contributed by atoms with Crippen molar-refractivity contribution in [3.05, 3.63) is 58.1 Å². The minimum Gasteiger partial charge on any atom is -0.492 e. The summed E-state index contributed by atoms with van der Waals surface area (Å²) in [6, 6.07) is 12.7. The van der Waals surface area contributed by atoms with Crippen molar-refractivity contribution in [3.63, 3.8) is 0 Å². The maximum atomic E-state index is 12.2. The Morgan fingerprint density at radius 2 is 1.84 bits per heavy atom. The number of ether oxygens (including phenoxy) is 1. The van der Waals surface area contributed by atoms with E-state index in [-0.39, 0.29) is 28.9 Å². The maximum Gasteiger partial charge on any atom is 0.232 e. The van der Waals surface area contributed by atoms with Crippen molar-refractivity contribution in [2.45, 2.75) is 32.6 Å². The Morgan fingerprint density at radius 3 is 2.48 bits per heavy atom. The Morgan fingerprint density at radius 1 is 1.13 bits per heavy atom. The summed E-state index contributed by atoms with van der Waals surface area (Å²) >= 11 is 12.2. The van der Waals surface area contributed by atoms with Gasteiger partial charge in [0.25, 0.3) is 0 Å². The van der Waals surface area contributed by atoms with Crippen LogP contribution in [0.15, 0.2) is 42.5 Å². The van der Waals surface area contributed by atoms with Gasteiger partial charge in [-0.1, -0.05) is 54.7 Å². The third-order valence-electron chi connectivity index (χ3n) is 4.52. The average molecular weight is 487 g/mol. The maximum absolute atomic E-state index is 12.2. The zero-order valence-electron chi connectivity index (χ0n) is 17.7. The smallest absolute Gasteiger partial charge is 0.232 e. The van der Waals surface area contributed by atoms with E-state index < -0.39 is 10.0 Å². The zero-order chi connectivity index (χ0) is 22.9. The molecule has 1 N–H and O–H groups in total. The number of sulfonamides is 1. The topological polar surface area (TPSA) is 75.7 Å². The van der Waals surface area contributed by atoms with Crippen molar-refractivity contribution in [3.8, 4) is 5.75 Å². The van der Waals surface area contributed by atoms with E-state index in [4.69, 9.17) is 27.9 Å². The highest BCUT2D eigenvalue weighted by Gasteiger charge is 2.21. The molecule has 2 aromatic rings. The molecule has 170 valence electrons. The summed E-state index contributed by atoms with van der Waals surface area (Å²) in [6.07, 6.45) is 3.74. The summed E-state index contributed by atoms with van der Waals surface area (Å²) < 4.78 is 31.2. The van der Waals surface area contributed by atoms with Crippen LogP contribution in [0.2, 0.25) is 10.0 Å². The molecule has 2 rings (SSSR count). The van der Waals surface area contributed by atoms with Crippen molar-refractivity contribution in [2.24, 2.45) is 0 Å². The van der Waals surface area contributed by atoms with Gasteiger partial charge in [-0.15, -0.1) is 0 Å². The van der Waals surface area contributed by atoms with Crippen LogP contribution in [0.25, 0.3) is 0 Å². The molecule has 0 aliphatic heterocycles. The fraction of sp³-hybridized carbons (Fsp3) is 0.409. The lowest BCUT2D eigenvalue weighted by Crippen LogP contribution is -2.33. The predicted molar refractivity (Wildman–Crippen MR) is 127 cm³/mol. The number of carbonyl (C=O) groups is 1. The lowest BCUT2D eigenvalue weighted by molar-refractivity contribution is -0.121. The second kappa shape index (κ2) is 12.2. The van der Waals surface area contributed by atoms with Crippen LogP contribution in [0, 0.1) is 0 Å². The van der Waals surface area contributed by atoms with Gasteiger partial charge in [-0.3, -0.25) is 9.10 Å². The molecule has 0 radical (unpaired) electrons. The van der Waals surface area contributed by atoms with E-state index in [2.05, 4.69) is 12.2 Å². The molecular formula is C22H28Cl2N2O4S. The Balaban J connectivity index is 1.76. The molecule has 0 unspecified atom stereocenters. The molecule has 0 aliphatic rings. The largest absolute Gasteiger partial charge is 0.492 e. The van der Waals surface area contributed by atoms with E-state index in [0.29, 0.717) is 25.3 Å². The minimum atomic E-state index is -3.58.